The molecule has 21 heavy (non-hydrogen) atoms. The van der Waals surface area contributed by atoms with Crippen LogP contribution in [0.1, 0.15) is 33.1 Å². The van der Waals surface area contributed by atoms with E-state index in [1.807, 2.05) is 0 Å². The van der Waals surface area contributed by atoms with Crippen LogP contribution in [0.2, 0.25) is 10.0 Å². The van der Waals surface area contributed by atoms with Crippen molar-refractivity contribution < 1.29 is 9.59 Å². The number of rotatable bonds is 7. The molecule has 0 unspecified atom stereocenters. The minimum atomic E-state index is -0.225. The number of benzene rings is 1. The zero-order chi connectivity index (χ0) is 15.8. The molecule has 0 bridgehead atoms. The van der Waals surface area contributed by atoms with E-state index in [-0.39, 0.29) is 18.4 Å². The number of amides is 2. The fourth-order valence-corrected chi connectivity index (χ4v) is 2.13. The minimum Gasteiger partial charge on any atom is -0.355 e. The first-order valence-electron chi connectivity index (χ1n) is 6.95. The maximum Gasteiger partial charge on any atom is 0.240 e. The van der Waals surface area contributed by atoms with Gasteiger partial charge in [0.05, 0.1) is 10.0 Å². The van der Waals surface area contributed by atoms with E-state index in [1.165, 1.54) is 11.8 Å². The van der Waals surface area contributed by atoms with Crippen molar-refractivity contribution in [2.75, 3.05) is 18.0 Å². The van der Waals surface area contributed by atoms with Crippen molar-refractivity contribution in [2.24, 2.45) is 0 Å². The number of carbonyl (C=O) groups excluding carboxylic acids is 2. The molecule has 0 aromatic heterocycles. The van der Waals surface area contributed by atoms with Crippen LogP contribution in [0, 0.1) is 0 Å². The van der Waals surface area contributed by atoms with Gasteiger partial charge >= 0.3 is 0 Å². The van der Waals surface area contributed by atoms with Crippen molar-refractivity contribution in [1.29, 1.82) is 0 Å². The second kappa shape index (κ2) is 8.90. The van der Waals surface area contributed by atoms with E-state index in [0.717, 1.165) is 19.3 Å². The Kier molecular flexibility index (Phi) is 7.54. The maximum atomic E-state index is 11.9. The molecule has 1 aromatic carbocycles. The summed E-state index contributed by atoms with van der Waals surface area (Å²) in [5.74, 6) is -0.413. The fourth-order valence-electron chi connectivity index (χ4n) is 1.84. The highest BCUT2D eigenvalue weighted by atomic mass is 35.5. The zero-order valence-electron chi connectivity index (χ0n) is 12.3. The van der Waals surface area contributed by atoms with Crippen LogP contribution in [0.4, 0.5) is 5.69 Å². The first-order chi connectivity index (χ1) is 9.95. The van der Waals surface area contributed by atoms with Gasteiger partial charge in [0, 0.05) is 19.2 Å². The summed E-state index contributed by atoms with van der Waals surface area (Å²) in [5.41, 5.74) is 0.556. The first kappa shape index (κ1) is 17.8. The normalized spacial score (nSPS) is 10.3. The van der Waals surface area contributed by atoms with Gasteiger partial charge in [0.1, 0.15) is 6.54 Å². The second-order valence-electron chi connectivity index (χ2n) is 4.76. The number of nitrogens with one attached hydrogen (secondary N) is 1. The zero-order valence-corrected chi connectivity index (χ0v) is 13.8. The third-order valence-electron chi connectivity index (χ3n) is 3.00. The van der Waals surface area contributed by atoms with Crippen LogP contribution in [0.25, 0.3) is 0 Å². The number of halogens is 2. The molecule has 0 aliphatic rings. The molecular weight excluding hydrogens is 311 g/mol. The summed E-state index contributed by atoms with van der Waals surface area (Å²) in [5, 5.41) is 3.57. The van der Waals surface area contributed by atoms with Gasteiger partial charge in [0.25, 0.3) is 0 Å². The van der Waals surface area contributed by atoms with Gasteiger partial charge in [-0.25, -0.2) is 0 Å². The van der Waals surface area contributed by atoms with Gasteiger partial charge in [-0.05, 0) is 24.6 Å². The molecule has 0 spiro atoms. The van der Waals surface area contributed by atoms with Crippen molar-refractivity contribution in [3.8, 4) is 0 Å². The fraction of sp³-hybridized carbons (Fsp3) is 0.467. The van der Waals surface area contributed by atoms with Crippen molar-refractivity contribution in [2.45, 2.75) is 33.1 Å². The van der Waals surface area contributed by atoms with Gasteiger partial charge in [-0.3, -0.25) is 9.59 Å². The third-order valence-corrected chi connectivity index (χ3v) is 3.74. The number of hydrogen-bond donors (Lipinski definition) is 1. The number of hydrogen-bond acceptors (Lipinski definition) is 2. The number of nitrogens with zero attached hydrogens (tertiary/aromatic N) is 1. The van der Waals surface area contributed by atoms with Crippen molar-refractivity contribution in [3.63, 3.8) is 0 Å². The molecule has 0 radical (unpaired) electrons. The highest BCUT2D eigenvalue weighted by molar-refractivity contribution is 6.42. The van der Waals surface area contributed by atoms with E-state index < -0.39 is 0 Å². The molecule has 1 aromatic rings. The second-order valence-corrected chi connectivity index (χ2v) is 5.58. The van der Waals surface area contributed by atoms with Crippen LogP contribution in [0.3, 0.4) is 0 Å². The molecule has 1 N–H and O–H groups in total. The van der Waals surface area contributed by atoms with Crippen molar-refractivity contribution in [1.82, 2.24) is 5.32 Å². The van der Waals surface area contributed by atoms with Crippen LogP contribution >= 0.6 is 23.2 Å². The molecule has 116 valence electrons. The molecule has 0 saturated heterocycles. The lowest BCUT2D eigenvalue weighted by atomic mass is 10.2. The Balaban J connectivity index is 2.67. The minimum absolute atomic E-state index is 0.0284. The molecule has 0 saturated carbocycles. The van der Waals surface area contributed by atoms with E-state index in [2.05, 4.69) is 12.2 Å². The molecule has 6 heteroatoms. The quantitative estimate of drug-likeness (QED) is 0.775. The number of carbonyl (C=O) groups is 2. The Hall–Kier alpha value is -1.26. The molecular formula is C15H20Cl2N2O2. The summed E-state index contributed by atoms with van der Waals surface area (Å²) >= 11 is 11.8. The summed E-state index contributed by atoms with van der Waals surface area (Å²) in [6.45, 7) is 4.11. The third kappa shape index (κ3) is 5.94. The van der Waals surface area contributed by atoms with Gasteiger partial charge in [-0.15, -0.1) is 0 Å². The molecule has 0 aliphatic carbocycles. The highest BCUT2D eigenvalue weighted by Gasteiger charge is 2.16. The largest absolute Gasteiger partial charge is 0.355 e. The summed E-state index contributed by atoms with van der Waals surface area (Å²) in [6, 6.07) is 4.85. The molecule has 0 fully saturated rings. The molecule has 4 nitrogen and oxygen atoms in total. The first-order valence-corrected chi connectivity index (χ1v) is 7.71. The van der Waals surface area contributed by atoms with Gasteiger partial charge in [0.15, 0.2) is 0 Å². The molecule has 1 rings (SSSR count). The highest BCUT2D eigenvalue weighted by Crippen LogP contribution is 2.27. The Bertz CT molecular complexity index is 506. The maximum absolute atomic E-state index is 11.9. The SMILES string of the molecule is CCCCCNC(=O)CN(C(C)=O)c1ccc(Cl)c(Cl)c1. The van der Waals surface area contributed by atoms with E-state index in [4.69, 9.17) is 23.2 Å². The molecule has 2 amide bonds. The van der Waals surface area contributed by atoms with Crippen LogP contribution in [0.5, 0.6) is 0 Å². The topological polar surface area (TPSA) is 49.4 Å². The lowest BCUT2D eigenvalue weighted by molar-refractivity contribution is -0.123. The van der Waals surface area contributed by atoms with Crippen LogP contribution in [0.15, 0.2) is 18.2 Å². The molecule has 0 atom stereocenters. The van der Waals surface area contributed by atoms with Crippen molar-refractivity contribution in [3.05, 3.63) is 28.2 Å². The van der Waals surface area contributed by atoms with Crippen LogP contribution < -0.4 is 10.2 Å². The number of unbranched alkanes of at least 4 members (excludes halogenated alkanes) is 2. The van der Waals surface area contributed by atoms with Crippen molar-refractivity contribution >= 4 is 40.7 Å². The van der Waals surface area contributed by atoms with E-state index in [1.54, 1.807) is 18.2 Å². The summed E-state index contributed by atoms with van der Waals surface area (Å²) in [7, 11) is 0. The molecule has 0 heterocycles. The summed E-state index contributed by atoms with van der Waals surface area (Å²) < 4.78 is 0. The lowest BCUT2D eigenvalue weighted by Crippen LogP contribution is -2.40. The standard InChI is InChI=1S/C15H20Cl2N2O2/c1-3-4-5-8-18-15(21)10-19(11(2)20)12-6-7-13(16)14(17)9-12/h6-7,9H,3-5,8,10H2,1-2H3,(H,18,21). The Morgan fingerprint density at radius 1 is 1.19 bits per heavy atom. The van der Waals surface area contributed by atoms with E-state index >= 15 is 0 Å². The van der Waals surface area contributed by atoms with E-state index in [9.17, 15) is 9.59 Å². The monoisotopic (exact) mass is 330 g/mol. The average molecular weight is 331 g/mol. The predicted molar refractivity (Wildman–Crippen MR) is 87.0 cm³/mol. The smallest absolute Gasteiger partial charge is 0.240 e. The predicted octanol–water partition coefficient (Wildman–Crippen LogP) is 3.65. The molecule has 0 aliphatic heterocycles. The van der Waals surface area contributed by atoms with E-state index in [0.29, 0.717) is 22.3 Å². The van der Waals surface area contributed by atoms with Crippen LogP contribution in [-0.2, 0) is 9.59 Å². The summed E-state index contributed by atoms with van der Waals surface area (Å²) in [6.07, 6.45) is 3.11. The summed E-state index contributed by atoms with van der Waals surface area (Å²) in [4.78, 5) is 25.0. The van der Waals surface area contributed by atoms with Gasteiger partial charge in [-0.2, -0.15) is 0 Å². The van der Waals surface area contributed by atoms with Crippen LogP contribution in [-0.4, -0.2) is 24.9 Å². The Morgan fingerprint density at radius 3 is 2.48 bits per heavy atom. The Labute approximate surface area is 135 Å². The van der Waals surface area contributed by atoms with Gasteiger partial charge in [0.2, 0.25) is 11.8 Å². The van der Waals surface area contributed by atoms with Gasteiger partial charge < -0.3 is 10.2 Å². The number of anilines is 1. The Morgan fingerprint density at radius 2 is 1.90 bits per heavy atom. The lowest BCUT2D eigenvalue weighted by Gasteiger charge is -2.21. The van der Waals surface area contributed by atoms with Gasteiger partial charge in [-0.1, -0.05) is 43.0 Å². The average Bonchev–Trinajstić information content (AvgIpc) is 2.44.